The van der Waals surface area contributed by atoms with Gasteiger partial charge in [-0.25, -0.2) is 4.79 Å². The molecule has 0 spiro atoms. The Hall–Kier alpha value is -1.46. The van der Waals surface area contributed by atoms with E-state index in [1.165, 1.54) is 0 Å². The summed E-state index contributed by atoms with van der Waals surface area (Å²) in [4.78, 5) is 25.9. The van der Waals surface area contributed by atoms with Crippen LogP contribution in [0.1, 0.15) is 45.6 Å². The zero-order valence-corrected chi connectivity index (χ0v) is 16.3. The Labute approximate surface area is 157 Å². The molecule has 1 fully saturated rings. The van der Waals surface area contributed by atoms with Gasteiger partial charge in [0.05, 0.1) is 15.5 Å². The molecule has 7 heteroatoms. The highest BCUT2D eigenvalue weighted by Crippen LogP contribution is 2.44. The zero-order valence-electron chi connectivity index (χ0n) is 14.8. The maximum atomic E-state index is 12.4. The normalized spacial score (nSPS) is 24.1. The minimum atomic E-state index is -1.00. The number of hydrogen-bond donors (Lipinski definition) is 1. The molecule has 1 heterocycles. The fourth-order valence-corrected chi connectivity index (χ4v) is 3.31. The molecule has 1 aliphatic rings. The molecule has 1 N–H and O–H groups in total. The van der Waals surface area contributed by atoms with E-state index < -0.39 is 29.0 Å². The van der Waals surface area contributed by atoms with Gasteiger partial charge in [-0.2, -0.15) is 0 Å². The van der Waals surface area contributed by atoms with Gasteiger partial charge < -0.3 is 14.7 Å². The Morgan fingerprint density at radius 2 is 1.92 bits per heavy atom. The van der Waals surface area contributed by atoms with Crippen molar-refractivity contribution < 1.29 is 19.4 Å². The van der Waals surface area contributed by atoms with Gasteiger partial charge in [0.2, 0.25) is 0 Å². The molecule has 1 saturated heterocycles. The van der Waals surface area contributed by atoms with Gasteiger partial charge in [-0.3, -0.25) is 4.79 Å². The van der Waals surface area contributed by atoms with Crippen LogP contribution in [-0.2, 0) is 9.53 Å². The first-order chi connectivity index (χ1) is 11.4. The van der Waals surface area contributed by atoms with Crippen molar-refractivity contribution in [3.63, 3.8) is 0 Å². The number of amides is 1. The van der Waals surface area contributed by atoms with Crippen molar-refractivity contribution in [3.8, 4) is 0 Å². The molecule has 0 radical (unpaired) electrons. The van der Waals surface area contributed by atoms with E-state index in [2.05, 4.69) is 0 Å². The SMILES string of the molecule is CC(C)(C)OC(=O)N1CC[C@](C)(C(=O)O)[C@H](c2ccc(Cl)c(Cl)c2)C1. The topological polar surface area (TPSA) is 66.8 Å². The number of ether oxygens (including phenoxy) is 1. The van der Waals surface area contributed by atoms with Crippen molar-refractivity contribution >= 4 is 35.3 Å². The van der Waals surface area contributed by atoms with Gasteiger partial charge in [0, 0.05) is 19.0 Å². The maximum absolute atomic E-state index is 12.4. The van der Waals surface area contributed by atoms with Crippen LogP contribution in [0, 0.1) is 5.41 Å². The molecule has 0 bridgehead atoms. The van der Waals surface area contributed by atoms with Crippen molar-refractivity contribution in [2.24, 2.45) is 5.41 Å². The molecule has 0 aliphatic carbocycles. The van der Waals surface area contributed by atoms with Gasteiger partial charge in [-0.05, 0) is 51.8 Å². The fourth-order valence-electron chi connectivity index (χ4n) is 3.01. The lowest BCUT2D eigenvalue weighted by molar-refractivity contribution is -0.152. The maximum Gasteiger partial charge on any atom is 0.410 e. The van der Waals surface area contributed by atoms with E-state index >= 15 is 0 Å². The Kier molecular flexibility index (Phi) is 5.59. The largest absolute Gasteiger partial charge is 0.481 e. The summed E-state index contributed by atoms with van der Waals surface area (Å²) in [5.41, 5.74) is -0.869. The second-order valence-corrected chi connectivity index (χ2v) is 8.44. The van der Waals surface area contributed by atoms with E-state index in [4.69, 9.17) is 27.9 Å². The summed E-state index contributed by atoms with van der Waals surface area (Å²) in [6.07, 6.45) is -0.114. The summed E-state index contributed by atoms with van der Waals surface area (Å²) < 4.78 is 5.43. The molecule has 5 nitrogen and oxygen atoms in total. The molecule has 2 atom stereocenters. The zero-order chi connectivity index (χ0) is 19.0. The lowest BCUT2D eigenvalue weighted by atomic mass is 9.69. The summed E-state index contributed by atoms with van der Waals surface area (Å²) in [6.45, 7) is 7.67. The molecule has 1 amide bonds. The molecular weight excluding hydrogens is 365 g/mol. The van der Waals surface area contributed by atoms with Crippen LogP contribution in [-0.4, -0.2) is 40.8 Å². The highest BCUT2D eigenvalue weighted by Gasteiger charge is 2.47. The van der Waals surface area contributed by atoms with Crippen LogP contribution in [0.4, 0.5) is 4.79 Å². The summed E-state index contributed by atoms with van der Waals surface area (Å²) in [6, 6.07) is 5.08. The van der Waals surface area contributed by atoms with Gasteiger partial charge in [0.1, 0.15) is 5.60 Å². The average Bonchev–Trinajstić information content (AvgIpc) is 2.48. The molecule has 1 aromatic carbocycles. The first kappa shape index (κ1) is 19.9. The van der Waals surface area contributed by atoms with Crippen molar-refractivity contribution in [1.82, 2.24) is 4.90 Å². The quantitative estimate of drug-likeness (QED) is 0.790. The van der Waals surface area contributed by atoms with Crippen molar-refractivity contribution in [3.05, 3.63) is 33.8 Å². The molecular formula is C18H23Cl2NO4. The first-order valence-corrected chi connectivity index (χ1v) is 8.86. The summed E-state index contributed by atoms with van der Waals surface area (Å²) in [5.74, 6) is -1.31. The monoisotopic (exact) mass is 387 g/mol. The number of piperidine rings is 1. The van der Waals surface area contributed by atoms with E-state index in [0.717, 1.165) is 5.56 Å². The van der Waals surface area contributed by atoms with Crippen LogP contribution in [0.15, 0.2) is 18.2 Å². The van der Waals surface area contributed by atoms with Crippen LogP contribution in [0.3, 0.4) is 0 Å². The first-order valence-electron chi connectivity index (χ1n) is 8.10. The third-order valence-electron chi connectivity index (χ3n) is 4.56. The predicted molar refractivity (Wildman–Crippen MR) is 97.4 cm³/mol. The Balaban J connectivity index is 2.34. The standard InChI is InChI=1S/C18H23Cl2NO4/c1-17(2,3)25-16(24)21-8-7-18(4,15(22)23)12(10-21)11-5-6-13(19)14(20)9-11/h5-6,9,12H,7-8,10H2,1-4H3,(H,22,23)/t12-,18-/m0/s1. The number of likely N-dealkylation sites (tertiary alicyclic amines) is 1. The number of aliphatic carboxylic acids is 1. The molecule has 1 aliphatic heterocycles. The average molecular weight is 388 g/mol. The molecule has 25 heavy (non-hydrogen) atoms. The minimum Gasteiger partial charge on any atom is -0.481 e. The molecule has 2 rings (SSSR count). The minimum absolute atomic E-state index is 0.246. The number of carboxylic acids is 1. The second kappa shape index (κ2) is 7.04. The van der Waals surface area contributed by atoms with E-state index in [1.807, 2.05) is 0 Å². The lowest BCUT2D eigenvalue weighted by Gasteiger charge is -2.43. The summed E-state index contributed by atoms with van der Waals surface area (Å²) >= 11 is 12.1. The molecule has 0 unspecified atom stereocenters. The van der Waals surface area contributed by atoms with E-state index in [-0.39, 0.29) is 6.54 Å². The van der Waals surface area contributed by atoms with E-state index in [0.29, 0.717) is 23.0 Å². The van der Waals surface area contributed by atoms with Gasteiger partial charge in [0.25, 0.3) is 0 Å². The summed E-state index contributed by atoms with van der Waals surface area (Å²) in [7, 11) is 0. The fraction of sp³-hybridized carbons (Fsp3) is 0.556. The number of nitrogens with zero attached hydrogens (tertiary/aromatic N) is 1. The molecule has 0 aromatic heterocycles. The lowest BCUT2D eigenvalue weighted by Crippen LogP contribution is -2.51. The van der Waals surface area contributed by atoms with E-state index in [9.17, 15) is 14.7 Å². The van der Waals surface area contributed by atoms with Crippen LogP contribution in [0.2, 0.25) is 10.0 Å². The van der Waals surface area contributed by atoms with Gasteiger partial charge in [0.15, 0.2) is 0 Å². The Bertz CT molecular complexity index is 686. The number of carboxylic acid groups (broad SMARTS) is 1. The number of carbonyl (C=O) groups excluding carboxylic acids is 1. The third-order valence-corrected chi connectivity index (χ3v) is 5.30. The number of carbonyl (C=O) groups is 2. The Morgan fingerprint density at radius 1 is 1.28 bits per heavy atom. The van der Waals surface area contributed by atoms with Crippen molar-refractivity contribution in [1.29, 1.82) is 0 Å². The molecule has 0 saturated carbocycles. The number of rotatable bonds is 2. The van der Waals surface area contributed by atoms with Crippen molar-refractivity contribution in [2.45, 2.75) is 45.6 Å². The second-order valence-electron chi connectivity index (χ2n) is 7.63. The number of benzene rings is 1. The highest BCUT2D eigenvalue weighted by atomic mass is 35.5. The van der Waals surface area contributed by atoms with E-state index in [1.54, 1.807) is 50.8 Å². The van der Waals surface area contributed by atoms with Crippen LogP contribution >= 0.6 is 23.2 Å². The van der Waals surface area contributed by atoms with Gasteiger partial charge >= 0.3 is 12.1 Å². The third kappa shape index (κ3) is 4.39. The highest BCUT2D eigenvalue weighted by molar-refractivity contribution is 6.42. The smallest absolute Gasteiger partial charge is 0.410 e. The van der Waals surface area contributed by atoms with Crippen LogP contribution in [0.5, 0.6) is 0 Å². The Morgan fingerprint density at radius 3 is 2.44 bits per heavy atom. The molecule has 138 valence electrons. The number of halogens is 2. The van der Waals surface area contributed by atoms with Crippen LogP contribution < -0.4 is 0 Å². The van der Waals surface area contributed by atoms with Gasteiger partial charge in [-0.1, -0.05) is 29.3 Å². The van der Waals surface area contributed by atoms with Gasteiger partial charge in [-0.15, -0.1) is 0 Å². The summed E-state index contributed by atoms with van der Waals surface area (Å²) in [5, 5.41) is 10.5. The molecule has 1 aromatic rings. The van der Waals surface area contributed by atoms with Crippen molar-refractivity contribution in [2.75, 3.05) is 13.1 Å². The number of hydrogen-bond acceptors (Lipinski definition) is 3. The van der Waals surface area contributed by atoms with Crippen LogP contribution in [0.25, 0.3) is 0 Å². The predicted octanol–water partition coefficient (Wildman–Crippen LogP) is 4.81.